The molecule has 3 aromatic carbocycles. The molecule has 0 saturated carbocycles. The zero-order valence-electron chi connectivity index (χ0n) is 21.0. The molecule has 0 aliphatic heterocycles. The van der Waals surface area contributed by atoms with Gasteiger partial charge in [-0.25, -0.2) is 13.4 Å². The van der Waals surface area contributed by atoms with Crippen LogP contribution in [0.4, 0.5) is 0 Å². The van der Waals surface area contributed by atoms with Crippen molar-refractivity contribution in [3.05, 3.63) is 94.5 Å². The van der Waals surface area contributed by atoms with Crippen LogP contribution in [-0.2, 0) is 10.0 Å². The van der Waals surface area contributed by atoms with Crippen LogP contribution in [-0.4, -0.2) is 35.9 Å². The number of rotatable bonds is 9. The number of unbranched alkanes of at least 4 members (excludes halogenated alkanes) is 1. The van der Waals surface area contributed by atoms with Gasteiger partial charge in [0.1, 0.15) is 11.6 Å². The Labute approximate surface area is 212 Å². The molecule has 0 N–H and O–H groups in total. The van der Waals surface area contributed by atoms with Gasteiger partial charge in [0.25, 0.3) is 5.56 Å². The monoisotopic (exact) mass is 505 g/mol. The lowest BCUT2D eigenvalue weighted by molar-refractivity contribution is 0.322. The van der Waals surface area contributed by atoms with Crippen LogP contribution >= 0.6 is 0 Å². The van der Waals surface area contributed by atoms with Crippen LogP contribution in [0.15, 0.2) is 82.5 Å². The molecule has 7 nitrogen and oxygen atoms in total. The molecule has 1 atom stereocenters. The first-order valence-electron chi connectivity index (χ1n) is 12.0. The van der Waals surface area contributed by atoms with Crippen LogP contribution in [0.2, 0.25) is 0 Å². The first kappa shape index (κ1) is 25.6. The predicted octanol–water partition coefficient (Wildman–Crippen LogP) is 5.25. The van der Waals surface area contributed by atoms with Crippen LogP contribution in [0.5, 0.6) is 5.75 Å². The standard InChI is InChI=1S/C28H31N3O4S/c1-5-6-19-30(36(33,34)24-17-15-23(35-4)16-18-24)21(3)27-29-26-10-8-7-9-25(26)28(32)31(27)22-13-11-20(2)12-14-22/h7-18,21H,5-6,19H2,1-4H3. The average Bonchev–Trinajstić information content (AvgIpc) is 2.89. The maximum absolute atomic E-state index is 13.9. The quantitative estimate of drug-likeness (QED) is 0.310. The summed E-state index contributed by atoms with van der Waals surface area (Å²) in [7, 11) is -2.36. The minimum Gasteiger partial charge on any atom is -0.497 e. The molecule has 8 heteroatoms. The maximum Gasteiger partial charge on any atom is 0.266 e. The Morgan fingerprint density at radius 3 is 2.31 bits per heavy atom. The summed E-state index contributed by atoms with van der Waals surface area (Å²) in [6.45, 7) is 6.07. The van der Waals surface area contributed by atoms with Crippen LogP contribution < -0.4 is 10.3 Å². The number of hydrogen-bond donors (Lipinski definition) is 0. The highest BCUT2D eigenvalue weighted by Gasteiger charge is 2.32. The van der Waals surface area contributed by atoms with Crippen molar-refractivity contribution in [1.82, 2.24) is 13.9 Å². The highest BCUT2D eigenvalue weighted by atomic mass is 32.2. The molecular formula is C28H31N3O4S. The van der Waals surface area contributed by atoms with Crippen LogP contribution in [0.25, 0.3) is 16.6 Å². The number of sulfonamides is 1. The van der Waals surface area contributed by atoms with Crippen LogP contribution in [0.1, 0.15) is 44.1 Å². The summed E-state index contributed by atoms with van der Waals surface area (Å²) in [5, 5.41) is 0.479. The van der Waals surface area contributed by atoms with E-state index >= 15 is 0 Å². The third-order valence-corrected chi connectivity index (χ3v) is 8.28. The molecule has 0 spiro atoms. The maximum atomic E-state index is 13.9. The topological polar surface area (TPSA) is 81.5 Å². The summed E-state index contributed by atoms with van der Waals surface area (Å²) in [6, 6.07) is 20.4. The van der Waals surface area contributed by atoms with Gasteiger partial charge in [0, 0.05) is 6.54 Å². The molecule has 0 bridgehead atoms. The fourth-order valence-electron chi connectivity index (χ4n) is 4.22. The van der Waals surface area contributed by atoms with E-state index in [1.807, 2.05) is 44.2 Å². The SMILES string of the molecule is CCCCN(C(C)c1nc2ccccc2c(=O)n1-c1ccc(C)cc1)S(=O)(=O)c1ccc(OC)cc1. The van der Waals surface area contributed by atoms with Gasteiger partial charge in [-0.05, 0) is 68.8 Å². The molecule has 1 heterocycles. The predicted molar refractivity (Wildman–Crippen MR) is 142 cm³/mol. The van der Waals surface area contributed by atoms with Gasteiger partial charge in [0.15, 0.2) is 0 Å². The normalized spacial score (nSPS) is 12.7. The highest BCUT2D eigenvalue weighted by Crippen LogP contribution is 2.29. The average molecular weight is 506 g/mol. The van der Waals surface area contributed by atoms with Crippen molar-refractivity contribution in [3.63, 3.8) is 0 Å². The molecule has 0 aliphatic rings. The second kappa shape index (κ2) is 10.6. The third-order valence-electron chi connectivity index (χ3n) is 6.30. The Hall–Kier alpha value is -3.49. The summed E-state index contributed by atoms with van der Waals surface area (Å²) < 4.78 is 35.9. The van der Waals surface area contributed by atoms with Crippen molar-refractivity contribution < 1.29 is 13.2 Å². The third kappa shape index (κ3) is 4.92. The van der Waals surface area contributed by atoms with E-state index in [9.17, 15) is 13.2 Å². The molecule has 0 saturated heterocycles. The molecule has 0 fully saturated rings. The largest absolute Gasteiger partial charge is 0.497 e. The Morgan fingerprint density at radius 2 is 1.67 bits per heavy atom. The van der Waals surface area contributed by atoms with Gasteiger partial charge in [0.2, 0.25) is 10.0 Å². The second-order valence-electron chi connectivity index (χ2n) is 8.78. The summed E-state index contributed by atoms with van der Waals surface area (Å²) in [5.74, 6) is 0.947. The number of aromatic nitrogens is 2. The summed E-state index contributed by atoms with van der Waals surface area (Å²) in [4.78, 5) is 18.7. The summed E-state index contributed by atoms with van der Waals surface area (Å²) >= 11 is 0. The van der Waals surface area contributed by atoms with Crippen molar-refractivity contribution in [2.45, 2.75) is 44.6 Å². The number of para-hydroxylation sites is 1. The molecule has 188 valence electrons. The molecule has 0 aliphatic carbocycles. The van der Waals surface area contributed by atoms with Gasteiger partial charge in [-0.3, -0.25) is 9.36 Å². The van der Waals surface area contributed by atoms with E-state index in [-0.39, 0.29) is 10.5 Å². The van der Waals surface area contributed by atoms with Gasteiger partial charge in [0.05, 0.1) is 34.6 Å². The Kier molecular flexibility index (Phi) is 7.56. The van der Waals surface area contributed by atoms with E-state index in [2.05, 4.69) is 0 Å². The number of ether oxygens (including phenoxy) is 1. The first-order chi connectivity index (χ1) is 17.3. The number of fused-ring (bicyclic) bond motifs is 1. The summed E-state index contributed by atoms with van der Waals surface area (Å²) in [6.07, 6.45) is 1.49. The van der Waals surface area contributed by atoms with Gasteiger partial charge in [-0.15, -0.1) is 0 Å². The first-order valence-corrected chi connectivity index (χ1v) is 13.5. The van der Waals surface area contributed by atoms with Gasteiger partial charge in [-0.1, -0.05) is 43.2 Å². The number of hydrogen-bond acceptors (Lipinski definition) is 5. The van der Waals surface area contributed by atoms with Crippen LogP contribution in [0.3, 0.4) is 0 Å². The van der Waals surface area contributed by atoms with Crippen molar-refractivity contribution in [1.29, 1.82) is 0 Å². The molecule has 0 radical (unpaired) electrons. The number of methoxy groups -OCH3 is 1. The van der Waals surface area contributed by atoms with Crippen molar-refractivity contribution in [2.75, 3.05) is 13.7 Å². The summed E-state index contributed by atoms with van der Waals surface area (Å²) in [5.41, 5.74) is 2.00. The lowest BCUT2D eigenvalue weighted by Gasteiger charge is -2.30. The van der Waals surface area contributed by atoms with E-state index in [4.69, 9.17) is 9.72 Å². The molecule has 36 heavy (non-hydrogen) atoms. The van der Waals surface area contributed by atoms with Crippen LogP contribution in [0, 0.1) is 6.92 Å². The fourth-order valence-corrected chi connectivity index (χ4v) is 5.85. The van der Waals surface area contributed by atoms with Gasteiger partial charge < -0.3 is 4.74 Å². The number of aryl methyl sites for hydroxylation is 1. The lowest BCUT2D eigenvalue weighted by Crippen LogP contribution is -2.38. The minimum absolute atomic E-state index is 0.163. The number of nitrogens with zero attached hydrogens (tertiary/aromatic N) is 3. The molecule has 4 rings (SSSR count). The Bertz CT molecular complexity index is 1510. The molecule has 0 amide bonds. The van der Waals surface area contributed by atoms with Crippen molar-refractivity contribution >= 4 is 20.9 Å². The fraction of sp³-hybridized carbons (Fsp3) is 0.286. The lowest BCUT2D eigenvalue weighted by atomic mass is 10.1. The smallest absolute Gasteiger partial charge is 0.266 e. The highest BCUT2D eigenvalue weighted by molar-refractivity contribution is 7.89. The van der Waals surface area contributed by atoms with E-state index in [0.717, 1.165) is 12.0 Å². The van der Waals surface area contributed by atoms with Gasteiger partial charge in [-0.2, -0.15) is 4.31 Å². The molecular weight excluding hydrogens is 474 g/mol. The van der Waals surface area contributed by atoms with Gasteiger partial charge >= 0.3 is 0 Å². The Balaban J connectivity index is 1.92. The molecule has 1 aromatic heterocycles. The molecule has 4 aromatic rings. The van der Waals surface area contributed by atoms with E-state index < -0.39 is 16.1 Å². The Morgan fingerprint density at radius 1 is 1.00 bits per heavy atom. The molecule has 1 unspecified atom stereocenters. The zero-order valence-corrected chi connectivity index (χ0v) is 21.8. The van der Waals surface area contributed by atoms with E-state index in [0.29, 0.717) is 41.1 Å². The van der Waals surface area contributed by atoms with Crippen molar-refractivity contribution in [3.8, 4) is 11.4 Å². The minimum atomic E-state index is -3.90. The second-order valence-corrected chi connectivity index (χ2v) is 10.7. The zero-order chi connectivity index (χ0) is 25.9. The van der Waals surface area contributed by atoms with E-state index in [1.54, 1.807) is 49.4 Å². The van der Waals surface area contributed by atoms with E-state index in [1.165, 1.54) is 16.0 Å². The number of benzene rings is 3. The van der Waals surface area contributed by atoms with Crippen molar-refractivity contribution in [2.24, 2.45) is 0 Å².